The molecular weight excluding hydrogens is 173 g/mol. The highest BCUT2D eigenvalue weighted by Crippen LogP contribution is 2.34. The summed E-state index contributed by atoms with van der Waals surface area (Å²) in [5.41, 5.74) is 0.427. The summed E-state index contributed by atoms with van der Waals surface area (Å²) in [6.45, 7) is 1.54. The topological polar surface area (TPSA) is 53.2 Å². The molecule has 0 spiro atoms. The second kappa shape index (κ2) is 3.31. The number of hydrogen-bond donors (Lipinski definition) is 1. The number of aromatic hydroxyl groups is 1. The Morgan fingerprint density at radius 3 is 2.69 bits per heavy atom. The Morgan fingerprint density at radius 2 is 2.23 bits per heavy atom. The molecular formula is C9H8FNO2. The highest BCUT2D eigenvalue weighted by atomic mass is 19.1. The van der Waals surface area contributed by atoms with Crippen LogP contribution in [-0.4, -0.2) is 12.2 Å². The Kier molecular flexibility index (Phi) is 2.38. The van der Waals surface area contributed by atoms with Crippen LogP contribution in [0.3, 0.4) is 0 Å². The molecule has 0 bridgehead atoms. The molecule has 4 heteroatoms. The van der Waals surface area contributed by atoms with Gasteiger partial charge in [0.15, 0.2) is 17.3 Å². The third-order valence-corrected chi connectivity index (χ3v) is 1.72. The van der Waals surface area contributed by atoms with Crippen molar-refractivity contribution in [3.8, 4) is 17.6 Å². The molecule has 0 aromatic heterocycles. The van der Waals surface area contributed by atoms with E-state index in [1.807, 2.05) is 0 Å². The molecule has 0 atom stereocenters. The van der Waals surface area contributed by atoms with Crippen LogP contribution in [0, 0.1) is 24.1 Å². The highest BCUT2D eigenvalue weighted by Gasteiger charge is 2.15. The molecule has 1 aromatic rings. The third kappa shape index (κ3) is 1.41. The van der Waals surface area contributed by atoms with Crippen LogP contribution in [0.5, 0.6) is 11.5 Å². The van der Waals surface area contributed by atoms with Gasteiger partial charge in [0.1, 0.15) is 11.6 Å². The number of halogens is 1. The van der Waals surface area contributed by atoms with Gasteiger partial charge in [-0.2, -0.15) is 5.26 Å². The van der Waals surface area contributed by atoms with Crippen LogP contribution in [0.15, 0.2) is 6.07 Å². The average molecular weight is 181 g/mol. The molecule has 68 valence electrons. The summed E-state index contributed by atoms with van der Waals surface area (Å²) in [6, 6.07) is 2.92. The van der Waals surface area contributed by atoms with Crippen LogP contribution in [-0.2, 0) is 0 Å². The molecule has 1 aromatic carbocycles. The molecule has 0 aliphatic carbocycles. The second-order valence-corrected chi connectivity index (χ2v) is 2.54. The minimum absolute atomic E-state index is 0.0400. The van der Waals surface area contributed by atoms with Crippen molar-refractivity contribution in [2.45, 2.75) is 6.92 Å². The quantitative estimate of drug-likeness (QED) is 0.717. The van der Waals surface area contributed by atoms with Gasteiger partial charge in [-0.1, -0.05) is 0 Å². The number of benzene rings is 1. The van der Waals surface area contributed by atoms with Crippen LogP contribution in [0.25, 0.3) is 0 Å². The molecule has 0 fully saturated rings. The van der Waals surface area contributed by atoms with E-state index in [0.29, 0.717) is 5.56 Å². The first-order valence-electron chi connectivity index (χ1n) is 3.58. The Balaban J connectivity index is 3.51. The van der Waals surface area contributed by atoms with Crippen molar-refractivity contribution in [2.24, 2.45) is 0 Å². The van der Waals surface area contributed by atoms with Gasteiger partial charge >= 0.3 is 0 Å². The summed E-state index contributed by atoms with van der Waals surface area (Å²) in [4.78, 5) is 0. The molecule has 0 aliphatic heterocycles. The summed E-state index contributed by atoms with van der Waals surface area (Å²) in [6.07, 6.45) is 0. The fraction of sp³-hybridized carbons (Fsp3) is 0.222. The Labute approximate surface area is 75.0 Å². The van der Waals surface area contributed by atoms with E-state index in [9.17, 15) is 9.50 Å². The molecule has 0 saturated carbocycles. The predicted octanol–water partition coefficient (Wildman–Crippen LogP) is 1.72. The summed E-state index contributed by atoms with van der Waals surface area (Å²) >= 11 is 0. The highest BCUT2D eigenvalue weighted by molar-refractivity contribution is 5.56. The Hall–Kier alpha value is -1.76. The van der Waals surface area contributed by atoms with Crippen LogP contribution in [0.2, 0.25) is 0 Å². The minimum atomic E-state index is -0.670. The van der Waals surface area contributed by atoms with Gasteiger partial charge in [-0.25, -0.2) is 4.39 Å². The standard InChI is InChI=1S/C9H8FNO2/c1-5-3-7(10)9(13-2)8(12)6(5)4-11/h3,12H,1-2H3. The molecule has 0 heterocycles. The smallest absolute Gasteiger partial charge is 0.197 e. The molecule has 0 radical (unpaired) electrons. The number of nitrogens with zero attached hydrogens (tertiary/aromatic N) is 1. The van der Waals surface area contributed by atoms with E-state index in [4.69, 9.17) is 5.26 Å². The van der Waals surface area contributed by atoms with Gasteiger partial charge in [-0.15, -0.1) is 0 Å². The van der Waals surface area contributed by atoms with E-state index in [-0.39, 0.29) is 11.3 Å². The number of ether oxygens (including phenoxy) is 1. The second-order valence-electron chi connectivity index (χ2n) is 2.54. The van der Waals surface area contributed by atoms with Gasteiger partial charge in [0.05, 0.1) is 7.11 Å². The first kappa shape index (κ1) is 9.33. The van der Waals surface area contributed by atoms with Crippen LogP contribution in [0.4, 0.5) is 4.39 Å². The molecule has 0 saturated heterocycles. The van der Waals surface area contributed by atoms with Crippen LogP contribution in [0.1, 0.15) is 11.1 Å². The fourth-order valence-electron chi connectivity index (χ4n) is 1.08. The zero-order valence-electron chi connectivity index (χ0n) is 7.26. The van der Waals surface area contributed by atoms with E-state index in [2.05, 4.69) is 4.74 Å². The number of nitriles is 1. The number of phenols is 1. The molecule has 1 N–H and O–H groups in total. The number of rotatable bonds is 1. The zero-order valence-corrected chi connectivity index (χ0v) is 7.26. The molecule has 0 unspecified atom stereocenters. The maximum absolute atomic E-state index is 13.0. The number of phenolic OH excluding ortho intramolecular Hbond substituents is 1. The lowest BCUT2D eigenvalue weighted by Crippen LogP contribution is -1.93. The average Bonchev–Trinajstić information content (AvgIpc) is 2.04. The number of aryl methyl sites for hydroxylation is 1. The van der Waals surface area contributed by atoms with Gasteiger partial charge in [0, 0.05) is 0 Å². The van der Waals surface area contributed by atoms with E-state index in [1.54, 1.807) is 13.0 Å². The van der Waals surface area contributed by atoms with Crippen LogP contribution < -0.4 is 4.74 Å². The van der Waals surface area contributed by atoms with Crippen molar-refractivity contribution in [1.82, 2.24) is 0 Å². The number of methoxy groups -OCH3 is 1. The van der Waals surface area contributed by atoms with Crippen LogP contribution >= 0.6 is 0 Å². The molecule has 1 rings (SSSR count). The lowest BCUT2D eigenvalue weighted by atomic mass is 10.1. The summed E-state index contributed by atoms with van der Waals surface area (Å²) in [5.74, 6) is -1.40. The van der Waals surface area contributed by atoms with Gasteiger partial charge in [-0.3, -0.25) is 0 Å². The van der Waals surface area contributed by atoms with E-state index in [1.165, 1.54) is 7.11 Å². The maximum Gasteiger partial charge on any atom is 0.197 e. The zero-order chi connectivity index (χ0) is 10.0. The van der Waals surface area contributed by atoms with E-state index in [0.717, 1.165) is 6.07 Å². The summed E-state index contributed by atoms with van der Waals surface area (Å²) in [5, 5.41) is 18.0. The Morgan fingerprint density at radius 1 is 1.62 bits per heavy atom. The van der Waals surface area contributed by atoms with Crippen molar-refractivity contribution in [3.63, 3.8) is 0 Å². The molecule has 3 nitrogen and oxygen atoms in total. The van der Waals surface area contributed by atoms with Crippen molar-refractivity contribution < 1.29 is 14.2 Å². The van der Waals surface area contributed by atoms with Gasteiger partial charge in [-0.05, 0) is 18.6 Å². The lowest BCUT2D eigenvalue weighted by molar-refractivity contribution is 0.350. The van der Waals surface area contributed by atoms with Gasteiger partial charge < -0.3 is 9.84 Å². The fourth-order valence-corrected chi connectivity index (χ4v) is 1.08. The largest absolute Gasteiger partial charge is 0.503 e. The SMILES string of the molecule is COc1c(F)cc(C)c(C#N)c1O. The lowest BCUT2D eigenvalue weighted by Gasteiger charge is -2.07. The van der Waals surface area contributed by atoms with E-state index >= 15 is 0 Å². The minimum Gasteiger partial charge on any atom is -0.503 e. The normalized spacial score (nSPS) is 9.38. The monoisotopic (exact) mass is 181 g/mol. The first-order valence-corrected chi connectivity index (χ1v) is 3.58. The molecule has 0 amide bonds. The first-order chi connectivity index (χ1) is 6.11. The molecule has 13 heavy (non-hydrogen) atoms. The van der Waals surface area contributed by atoms with E-state index < -0.39 is 11.6 Å². The van der Waals surface area contributed by atoms with Gasteiger partial charge in [0.25, 0.3) is 0 Å². The van der Waals surface area contributed by atoms with Crippen molar-refractivity contribution in [1.29, 1.82) is 5.26 Å². The van der Waals surface area contributed by atoms with Gasteiger partial charge in [0.2, 0.25) is 0 Å². The van der Waals surface area contributed by atoms with Crippen molar-refractivity contribution in [2.75, 3.05) is 7.11 Å². The molecule has 0 aliphatic rings. The maximum atomic E-state index is 13.0. The summed E-state index contributed by atoms with van der Waals surface area (Å²) in [7, 11) is 1.23. The van der Waals surface area contributed by atoms with Crippen molar-refractivity contribution in [3.05, 3.63) is 23.0 Å². The third-order valence-electron chi connectivity index (χ3n) is 1.72. The van der Waals surface area contributed by atoms with Crippen molar-refractivity contribution >= 4 is 0 Å². The summed E-state index contributed by atoms with van der Waals surface area (Å²) < 4.78 is 17.6. The predicted molar refractivity (Wildman–Crippen MR) is 44.1 cm³/mol. The number of hydrogen-bond acceptors (Lipinski definition) is 3. The Bertz CT molecular complexity index is 382.